The van der Waals surface area contributed by atoms with Crippen molar-refractivity contribution in [3.63, 3.8) is 0 Å². The van der Waals surface area contributed by atoms with Crippen LogP contribution in [0.5, 0.6) is 5.75 Å². The van der Waals surface area contributed by atoms with Gasteiger partial charge in [-0.2, -0.15) is 4.39 Å². The zero-order valence-electron chi connectivity index (χ0n) is 9.29. The summed E-state index contributed by atoms with van der Waals surface area (Å²) in [7, 11) is 0. The van der Waals surface area contributed by atoms with E-state index in [2.05, 4.69) is 5.43 Å². The highest BCUT2D eigenvalue weighted by Gasteiger charge is 2.18. The number of allylic oxidation sites excluding steroid dienone is 1. The van der Waals surface area contributed by atoms with Crippen molar-refractivity contribution in [2.24, 2.45) is 5.84 Å². The van der Waals surface area contributed by atoms with Crippen LogP contribution in [0.4, 0.5) is 13.2 Å². The summed E-state index contributed by atoms with van der Waals surface area (Å²) in [6.07, 6.45) is 2.89. The van der Waals surface area contributed by atoms with E-state index in [4.69, 9.17) is 10.6 Å². The zero-order valence-corrected chi connectivity index (χ0v) is 9.29. The Hall–Kier alpha value is -1.79. The lowest BCUT2D eigenvalue weighted by Crippen LogP contribution is -2.36. The first-order valence-electron chi connectivity index (χ1n) is 5.27. The summed E-state index contributed by atoms with van der Waals surface area (Å²) < 4.78 is 44.8. The monoisotopic (exact) mass is 256 g/mol. The molecule has 6 heteroatoms. The van der Waals surface area contributed by atoms with Crippen LogP contribution in [0, 0.1) is 11.6 Å². The first-order valence-corrected chi connectivity index (χ1v) is 5.27. The van der Waals surface area contributed by atoms with E-state index < -0.39 is 23.5 Å². The number of hydrogen-bond acceptors (Lipinski definition) is 3. The van der Waals surface area contributed by atoms with Gasteiger partial charge in [-0.15, -0.1) is 0 Å². The van der Waals surface area contributed by atoms with Crippen LogP contribution in [-0.2, 0) is 0 Å². The van der Waals surface area contributed by atoms with Crippen LogP contribution in [0.1, 0.15) is 6.42 Å². The van der Waals surface area contributed by atoms with E-state index in [9.17, 15) is 13.2 Å². The Kier molecular flexibility index (Phi) is 3.69. The third-order valence-electron chi connectivity index (χ3n) is 2.51. The molecule has 0 amide bonds. The molecule has 1 aliphatic carbocycles. The van der Waals surface area contributed by atoms with E-state index in [1.165, 1.54) is 18.2 Å². The van der Waals surface area contributed by atoms with Gasteiger partial charge >= 0.3 is 0 Å². The second kappa shape index (κ2) is 5.24. The fourth-order valence-electron chi connectivity index (χ4n) is 1.55. The molecule has 1 atom stereocenters. The largest absolute Gasteiger partial charge is 0.454 e. The molecule has 1 aromatic carbocycles. The second-order valence-electron chi connectivity index (χ2n) is 3.74. The summed E-state index contributed by atoms with van der Waals surface area (Å²) in [6, 6.07) is 2.93. The molecular formula is C12H11F3N2O. The molecule has 1 aromatic rings. The van der Waals surface area contributed by atoms with Crippen molar-refractivity contribution >= 4 is 0 Å². The van der Waals surface area contributed by atoms with Crippen molar-refractivity contribution in [2.75, 3.05) is 0 Å². The Balaban J connectivity index is 2.16. The minimum atomic E-state index is -1.11. The molecule has 1 aliphatic rings. The highest BCUT2D eigenvalue weighted by Crippen LogP contribution is 2.25. The van der Waals surface area contributed by atoms with Crippen molar-refractivity contribution < 1.29 is 17.9 Å². The van der Waals surface area contributed by atoms with Gasteiger partial charge in [0.25, 0.3) is 0 Å². The minimum Gasteiger partial charge on any atom is -0.454 e. The SMILES string of the molecule is NNC1CC=C(Oc2cccc(F)c2F)C=C1F. The van der Waals surface area contributed by atoms with Crippen LogP contribution in [0.3, 0.4) is 0 Å². The lowest BCUT2D eigenvalue weighted by molar-refractivity contribution is 0.376. The fourth-order valence-corrected chi connectivity index (χ4v) is 1.55. The summed E-state index contributed by atoms with van der Waals surface area (Å²) in [5, 5.41) is 0. The molecule has 0 saturated carbocycles. The Bertz CT molecular complexity index is 514. The van der Waals surface area contributed by atoms with Crippen molar-refractivity contribution in [1.82, 2.24) is 5.43 Å². The minimum absolute atomic E-state index is 0.114. The first-order chi connectivity index (χ1) is 8.61. The van der Waals surface area contributed by atoms with E-state index in [-0.39, 0.29) is 17.9 Å². The van der Waals surface area contributed by atoms with Crippen LogP contribution in [0.2, 0.25) is 0 Å². The summed E-state index contributed by atoms with van der Waals surface area (Å²) >= 11 is 0. The third-order valence-corrected chi connectivity index (χ3v) is 2.51. The standard InChI is InChI=1S/C12H11F3N2O/c13-8-2-1-3-11(12(8)15)18-7-4-5-10(17-16)9(14)6-7/h1-4,6,10,17H,5,16H2. The average molecular weight is 256 g/mol. The van der Waals surface area contributed by atoms with Crippen molar-refractivity contribution in [3.05, 3.63) is 53.6 Å². The summed E-state index contributed by atoms with van der Waals surface area (Å²) in [4.78, 5) is 0. The van der Waals surface area contributed by atoms with Gasteiger partial charge < -0.3 is 4.74 Å². The first kappa shape index (κ1) is 12.7. The molecular weight excluding hydrogens is 245 g/mol. The summed E-state index contributed by atoms with van der Waals surface area (Å²) in [5.41, 5.74) is 2.28. The van der Waals surface area contributed by atoms with E-state index >= 15 is 0 Å². The molecule has 0 saturated heterocycles. The maximum atomic E-state index is 13.4. The van der Waals surface area contributed by atoms with Crippen molar-refractivity contribution in [2.45, 2.75) is 12.5 Å². The van der Waals surface area contributed by atoms with Gasteiger partial charge in [0.1, 0.15) is 11.6 Å². The van der Waals surface area contributed by atoms with E-state index in [1.807, 2.05) is 0 Å². The Labute approximate surface area is 102 Å². The van der Waals surface area contributed by atoms with E-state index in [0.717, 1.165) is 12.1 Å². The molecule has 0 bridgehead atoms. The topological polar surface area (TPSA) is 47.3 Å². The van der Waals surface area contributed by atoms with Crippen LogP contribution in [0.25, 0.3) is 0 Å². The number of ether oxygens (including phenoxy) is 1. The number of rotatable bonds is 3. The molecule has 0 aliphatic heterocycles. The quantitative estimate of drug-likeness (QED) is 0.644. The molecule has 0 fully saturated rings. The van der Waals surface area contributed by atoms with Crippen LogP contribution < -0.4 is 16.0 Å². The van der Waals surface area contributed by atoms with E-state index in [0.29, 0.717) is 0 Å². The van der Waals surface area contributed by atoms with Gasteiger partial charge in [0, 0.05) is 6.08 Å². The smallest absolute Gasteiger partial charge is 0.201 e. The molecule has 1 unspecified atom stereocenters. The van der Waals surface area contributed by atoms with Gasteiger partial charge in [-0.1, -0.05) is 6.07 Å². The van der Waals surface area contributed by atoms with E-state index in [1.54, 1.807) is 0 Å². The molecule has 2 rings (SSSR count). The molecule has 3 nitrogen and oxygen atoms in total. The number of nitrogens with one attached hydrogen (secondary N) is 1. The molecule has 3 N–H and O–H groups in total. The van der Waals surface area contributed by atoms with Crippen molar-refractivity contribution in [1.29, 1.82) is 0 Å². The van der Waals surface area contributed by atoms with Crippen molar-refractivity contribution in [3.8, 4) is 5.75 Å². The van der Waals surface area contributed by atoms with Gasteiger partial charge in [0.05, 0.1) is 6.04 Å². The number of hydrogen-bond donors (Lipinski definition) is 2. The van der Waals surface area contributed by atoms with Gasteiger partial charge in [-0.3, -0.25) is 11.3 Å². The Morgan fingerprint density at radius 1 is 1.28 bits per heavy atom. The number of hydrazine groups is 1. The molecule has 0 heterocycles. The zero-order chi connectivity index (χ0) is 13.1. The molecule has 96 valence electrons. The highest BCUT2D eigenvalue weighted by atomic mass is 19.2. The van der Waals surface area contributed by atoms with Gasteiger partial charge in [-0.25, -0.2) is 8.78 Å². The van der Waals surface area contributed by atoms with Gasteiger partial charge in [0.15, 0.2) is 11.6 Å². The predicted octanol–water partition coefficient (Wildman–Crippen LogP) is 2.32. The third kappa shape index (κ3) is 2.55. The van der Waals surface area contributed by atoms with Crippen LogP contribution in [-0.4, -0.2) is 6.04 Å². The van der Waals surface area contributed by atoms with Crippen LogP contribution >= 0.6 is 0 Å². The Morgan fingerprint density at radius 3 is 2.72 bits per heavy atom. The van der Waals surface area contributed by atoms with Gasteiger partial charge in [-0.05, 0) is 24.6 Å². The second-order valence-corrected chi connectivity index (χ2v) is 3.74. The number of benzene rings is 1. The number of nitrogens with two attached hydrogens (primary N) is 1. The molecule has 0 radical (unpaired) electrons. The molecule has 0 aromatic heterocycles. The maximum absolute atomic E-state index is 13.4. The lowest BCUT2D eigenvalue weighted by atomic mass is 10.1. The summed E-state index contributed by atoms with van der Waals surface area (Å²) in [6.45, 7) is 0. The number of halogens is 3. The highest BCUT2D eigenvalue weighted by molar-refractivity contribution is 5.32. The average Bonchev–Trinajstić information content (AvgIpc) is 2.35. The molecule has 0 spiro atoms. The Morgan fingerprint density at radius 2 is 2.06 bits per heavy atom. The summed E-state index contributed by atoms with van der Waals surface area (Å²) in [5.74, 6) is 2.31. The lowest BCUT2D eigenvalue weighted by Gasteiger charge is -2.18. The maximum Gasteiger partial charge on any atom is 0.201 e. The van der Waals surface area contributed by atoms with Gasteiger partial charge in [0.2, 0.25) is 5.82 Å². The molecule has 18 heavy (non-hydrogen) atoms. The normalized spacial score (nSPS) is 19.2. The predicted molar refractivity (Wildman–Crippen MR) is 60.0 cm³/mol. The van der Waals surface area contributed by atoms with Crippen LogP contribution in [0.15, 0.2) is 41.9 Å². The fraction of sp³-hybridized carbons (Fsp3) is 0.167.